The smallest absolute Gasteiger partial charge is 0.406 e. The van der Waals surface area contributed by atoms with Crippen LogP contribution in [-0.4, -0.2) is 6.36 Å². The van der Waals surface area contributed by atoms with Crippen LogP contribution < -0.4 is 4.74 Å². The molecule has 0 unspecified atom stereocenters. The molecular formula is C15H9F3O. The molecule has 4 heteroatoms. The fourth-order valence-electron chi connectivity index (χ4n) is 1.41. The minimum Gasteiger partial charge on any atom is -0.406 e. The van der Waals surface area contributed by atoms with Crippen LogP contribution in [0, 0.1) is 11.8 Å². The Morgan fingerprint density at radius 1 is 0.737 bits per heavy atom. The van der Waals surface area contributed by atoms with Crippen molar-refractivity contribution in [3.63, 3.8) is 0 Å². The van der Waals surface area contributed by atoms with E-state index in [9.17, 15) is 13.2 Å². The third-order valence-electron chi connectivity index (χ3n) is 2.21. The second-order valence-electron chi connectivity index (χ2n) is 3.69. The van der Waals surface area contributed by atoms with Crippen molar-refractivity contribution in [2.24, 2.45) is 0 Å². The van der Waals surface area contributed by atoms with E-state index in [2.05, 4.69) is 16.6 Å². The molecule has 0 aliphatic heterocycles. The van der Waals surface area contributed by atoms with Gasteiger partial charge in [0.2, 0.25) is 0 Å². The molecule has 0 N–H and O–H groups in total. The summed E-state index contributed by atoms with van der Waals surface area (Å²) in [6.07, 6.45) is -4.67. The van der Waals surface area contributed by atoms with Crippen LogP contribution in [0.2, 0.25) is 0 Å². The van der Waals surface area contributed by atoms with Crippen LogP contribution in [0.5, 0.6) is 5.75 Å². The zero-order valence-electron chi connectivity index (χ0n) is 9.74. The van der Waals surface area contributed by atoms with Gasteiger partial charge in [0.15, 0.2) is 0 Å². The van der Waals surface area contributed by atoms with E-state index in [4.69, 9.17) is 0 Å². The Morgan fingerprint density at radius 2 is 1.26 bits per heavy atom. The second-order valence-corrected chi connectivity index (χ2v) is 3.69. The minimum absolute atomic E-state index is 0.252. The van der Waals surface area contributed by atoms with Gasteiger partial charge >= 0.3 is 6.36 Å². The van der Waals surface area contributed by atoms with Crippen molar-refractivity contribution in [3.8, 4) is 17.6 Å². The number of ether oxygens (including phenoxy) is 1. The summed E-state index contributed by atoms with van der Waals surface area (Å²) in [6.45, 7) is 0. The first-order valence-corrected chi connectivity index (χ1v) is 5.46. The molecule has 0 aliphatic carbocycles. The van der Waals surface area contributed by atoms with E-state index < -0.39 is 6.36 Å². The first-order valence-electron chi connectivity index (χ1n) is 5.46. The Balaban J connectivity index is 2.10. The van der Waals surface area contributed by atoms with Gasteiger partial charge in [-0.25, -0.2) is 0 Å². The largest absolute Gasteiger partial charge is 0.573 e. The first-order chi connectivity index (χ1) is 9.03. The number of benzene rings is 2. The van der Waals surface area contributed by atoms with Crippen LogP contribution in [-0.2, 0) is 0 Å². The third-order valence-corrected chi connectivity index (χ3v) is 2.21. The minimum atomic E-state index is -4.67. The summed E-state index contributed by atoms with van der Waals surface area (Å²) in [5.74, 6) is 5.53. The van der Waals surface area contributed by atoms with Crippen molar-refractivity contribution in [1.82, 2.24) is 0 Å². The molecule has 0 amide bonds. The number of alkyl halides is 3. The van der Waals surface area contributed by atoms with Crippen LogP contribution in [0.15, 0.2) is 54.6 Å². The first kappa shape index (κ1) is 13.0. The molecule has 2 rings (SSSR count). The monoisotopic (exact) mass is 262 g/mol. The molecule has 19 heavy (non-hydrogen) atoms. The fourth-order valence-corrected chi connectivity index (χ4v) is 1.41. The molecular weight excluding hydrogens is 253 g/mol. The number of hydrogen-bond acceptors (Lipinski definition) is 1. The Morgan fingerprint density at radius 3 is 1.79 bits per heavy atom. The molecule has 0 aromatic heterocycles. The second kappa shape index (κ2) is 5.49. The van der Waals surface area contributed by atoms with Crippen molar-refractivity contribution < 1.29 is 17.9 Å². The predicted molar refractivity (Wildman–Crippen MR) is 65.5 cm³/mol. The van der Waals surface area contributed by atoms with Crippen LogP contribution in [0.25, 0.3) is 0 Å². The quantitative estimate of drug-likeness (QED) is 0.706. The van der Waals surface area contributed by atoms with E-state index in [1.54, 1.807) is 0 Å². The lowest BCUT2D eigenvalue weighted by Gasteiger charge is -2.07. The van der Waals surface area contributed by atoms with Gasteiger partial charge in [-0.2, -0.15) is 0 Å². The van der Waals surface area contributed by atoms with E-state index in [0.717, 1.165) is 5.56 Å². The van der Waals surface area contributed by atoms with E-state index in [1.807, 2.05) is 30.3 Å². The van der Waals surface area contributed by atoms with E-state index in [0.29, 0.717) is 5.56 Å². The summed E-state index contributed by atoms with van der Waals surface area (Å²) in [5.41, 5.74) is 1.47. The Bertz CT molecular complexity index is 589. The molecule has 96 valence electrons. The summed E-state index contributed by atoms with van der Waals surface area (Å²) in [6, 6.07) is 14.8. The van der Waals surface area contributed by atoms with E-state index in [-0.39, 0.29) is 5.75 Å². The van der Waals surface area contributed by atoms with Crippen LogP contribution >= 0.6 is 0 Å². The van der Waals surface area contributed by atoms with Gasteiger partial charge in [0.05, 0.1) is 0 Å². The summed E-state index contributed by atoms with van der Waals surface area (Å²) < 4.78 is 39.7. The van der Waals surface area contributed by atoms with Gasteiger partial charge < -0.3 is 4.74 Å². The molecule has 0 spiro atoms. The maximum absolute atomic E-state index is 12.0. The van der Waals surface area contributed by atoms with Crippen LogP contribution in [0.4, 0.5) is 13.2 Å². The Hall–Kier alpha value is -2.41. The maximum Gasteiger partial charge on any atom is 0.573 e. The van der Waals surface area contributed by atoms with Crippen molar-refractivity contribution in [2.75, 3.05) is 0 Å². The topological polar surface area (TPSA) is 9.23 Å². The highest BCUT2D eigenvalue weighted by atomic mass is 19.4. The molecule has 0 radical (unpaired) electrons. The SMILES string of the molecule is FC(F)(F)Oc1ccc(C#Cc2ccccc2)cc1. The molecule has 1 nitrogen and oxygen atoms in total. The molecule has 2 aromatic carbocycles. The van der Waals surface area contributed by atoms with Gasteiger partial charge in [-0.1, -0.05) is 30.0 Å². The summed E-state index contributed by atoms with van der Waals surface area (Å²) in [5, 5.41) is 0. The van der Waals surface area contributed by atoms with Gasteiger partial charge in [-0.15, -0.1) is 13.2 Å². The van der Waals surface area contributed by atoms with Gasteiger partial charge in [-0.3, -0.25) is 0 Å². The molecule has 0 saturated heterocycles. The molecule has 0 fully saturated rings. The Kier molecular flexibility index (Phi) is 3.76. The Labute approximate surface area is 108 Å². The van der Waals surface area contributed by atoms with Crippen molar-refractivity contribution in [3.05, 3.63) is 65.7 Å². The predicted octanol–water partition coefficient (Wildman–Crippen LogP) is 3.99. The van der Waals surface area contributed by atoms with Gasteiger partial charge in [0.1, 0.15) is 5.75 Å². The summed E-state index contributed by atoms with van der Waals surface area (Å²) in [4.78, 5) is 0. The molecule has 0 bridgehead atoms. The number of hydrogen-bond donors (Lipinski definition) is 0. The maximum atomic E-state index is 12.0. The van der Waals surface area contributed by atoms with Gasteiger partial charge in [0, 0.05) is 11.1 Å². The zero-order valence-corrected chi connectivity index (χ0v) is 9.74. The fraction of sp³-hybridized carbons (Fsp3) is 0.0667. The lowest BCUT2D eigenvalue weighted by molar-refractivity contribution is -0.274. The highest BCUT2D eigenvalue weighted by Crippen LogP contribution is 2.22. The van der Waals surface area contributed by atoms with E-state index >= 15 is 0 Å². The average Bonchev–Trinajstić information content (AvgIpc) is 2.37. The molecule has 0 atom stereocenters. The molecule has 2 aromatic rings. The van der Waals surface area contributed by atoms with Crippen molar-refractivity contribution in [2.45, 2.75) is 6.36 Å². The normalized spacial score (nSPS) is 10.5. The molecule has 0 aliphatic rings. The summed E-state index contributed by atoms with van der Waals surface area (Å²) >= 11 is 0. The van der Waals surface area contributed by atoms with Crippen molar-refractivity contribution in [1.29, 1.82) is 0 Å². The summed E-state index contributed by atoms with van der Waals surface area (Å²) in [7, 11) is 0. The van der Waals surface area contributed by atoms with Crippen LogP contribution in [0.1, 0.15) is 11.1 Å². The van der Waals surface area contributed by atoms with Gasteiger partial charge in [-0.05, 0) is 36.4 Å². The molecule has 0 heterocycles. The average molecular weight is 262 g/mol. The highest BCUT2D eigenvalue weighted by molar-refractivity contribution is 5.44. The number of rotatable bonds is 1. The van der Waals surface area contributed by atoms with Gasteiger partial charge in [0.25, 0.3) is 0 Å². The lowest BCUT2D eigenvalue weighted by atomic mass is 10.2. The lowest BCUT2D eigenvalue weighted by Crippen LogP contribution is -2.16. The number of halogens is 3. The zero-order chi connectivity index (χ0) is 13.7. The highest BCUT2D eigenvalue weighted by Gasteiger charge is 2.30. The van der Waals surface area contributed by atoms with Crippen LogP contribution in [0.3, 0.4) is 0 Å². The standard InChI is InChI=1S/C15H9F3O/c16-15(17,18)19-14-10-8-13(9-11-14)7-6-12-4-2-1-3-5-12/h1-5,8-11H. The van der Waals surface area contributed by atoms with E-state index in [1.165, 1.54) is 24.3 Å². The molecule has 0 saturated carbocycles. The van der Waals surface area contributed by atoms with Crippen molar-refractivity contribution >= 4 is 0 Å². The third kappa shape index (κ3) is 4.40.